The molecule has 0 aliphatic rings. The molecule has 0 aliphatic carbocycles. The first-order valence-corrected chi connectivity index (χ1v) is 9.20. The van der Waals surface area contributed by atoms with Gasteiger partial charge in [-0.05, 0) is 50.2 Å². The van der Waals surface area contributed by atoms with Gasteiger partial charge in [-0.15, -0.1) is 0 Å². The van der Waals surface area contributed by atoms with E-state index in [1.807, 2.05) is 11.4 Å². The lowest BCUT2D eigenvalue weighted by Gasteiger charge is -2.17. The lowest BCUT2D eigenvalue weighted by atomic mass is 10.2. The first-order chi connectivity index (χ1) is 15.1. The second-order valence-corrected chi connectivity index (χ2v) is 6.46. The molecule has 0 fully saturated rings. The number of rotatable bonds is 8. The van der Waals surface area contributed by atoms with Crippen molar-refractivity contribution in [1.82, 2.24) is 5.32 Å². The van der Waals surface area contributed by atoms with Crippen molar-refractivity contribution in [2.45, 2.75) is 26.1 Å². The van der Waals surface area contributed by atoms with Crippen LogP contribution in [-0.2, 0) is 19.1 Å². The summed E-state index contributed by atoms with van der Waals surface area (Å²) in [6.45, 7) is 2.01. The van der Waals surface area contributed by atoms with Gasteiger partial charge in [-0.3, -0.25) is 9.59 Å². The molecule has 0 saturated carbocycles. The molecule has 168 valence electrons. The standard InChI is InChI=1S/C21H18F3N3O5/c1-11(32-21(30)12(2)31-14-5-3-13(9-25)4-6-14)20(29)26-10-17(28)27-16-8-7-15(22)18(23)19(16)24/h3-8,11-12H,10H2,1-2H3,(H,26,29)(H,27,28). The summed E-state index contributed by atoms with van der Waals surface area (Å²) >= 11 is 0. The molecule has 2 rings (SSSR count). The van der Waals surface area contributed by atoms with Crippen molar-refractivity contribution in [3.63, 3.8) is 0 Å². The maximum atomic E-state index is 13.6. The molecule has 0 bridgehead atoms. The molecule has 0 saturated heterocycles. The molecule has 0 aromatic heterocycles. The van der Waals surface area contributed by atoms with Crippen molar-refractivity contribution in [3.8, 4) is 11.8 Å². The summed E-state index contributed by atoms with van der Waals surface area (Å²) in [6.07, 6.45) is -2.36. The minimum absolute atomic E-state index is 0.312. The largest absolute Gasteiger partial charge is 0.479 e. The number of anilines is 1. The molecule has 0 aliphatic heterocycles. The fourth-order valence-corrected chi connectivity index (χ4v) is 2.31. The number of hydrogen-bond donors (Lipinski definition) is 2. The summed E-state index contributed by atoms with van der Waals surface area (Å²) in [6, 6.07) is 9.39. The molecule has 0 spiro atoms. The highest BCUT2D eigenvalue weighted by Gasteiger charge is 2.24. The summed E-state index contributed by atoms with van der Waals surface area (Å²) in [4.78, 5) is 35.9. The minimum atomic E-state index is -1.75. The Morgan fingerprint density at radius 2 is 1.66 bits per heavy atom. The third-order valence-electron chi connectivity index (χ3n) is 4.02. The van der Waals surface area contributed by atoms with Gasteiger partial charge in [0.1, 0.15) is 5.75 Å². The zero-order chi connectivity index (χ0) is 23.8. The van der Waals surface area contributed by atoms with Crippen LogP contribution in [0.3, 0.4) is 0 Å². The van der Waals surface area contributed by atoms with Gasteiger partial charge in [0.25, 0.3) is 5.91 Å². The van der Waals surface area contributed by atoms with Gasteiger partial charge in [0.2, 0.25) is 5.91 Å². The van der Waals surface area contributed by atoms with Crippen LogP contribution >= 0.6 is 0 Å². The van der Waals surface area contributed by atoms with Gasteiger partial charge in [-0.1, -0.05) is 0 Å². The van der Waals surface area contributed by atoms with Gasteiger partial charge in [0, 0.05) is 0 Å². The van der Waals surface area contributed by atoms with E-state index in [4.69, 9.17) is 14.7 Å². The number of ether oxygens (including phenoxy) is 2. The third kappa shape index (κ3) is 6.46. The first-order valence-electron chi connectivity index (χ1n) is 9.20. The second-order valence-electron chi connectivity index (χ2n) is 6.46. The number of nitriles is 1. The normalized spacial score (nSPS) is 12.1. The molecular formula is C21H18F3N3O5. The Balaban J connectivity index is 1.81. The van der Waals surface area contributed by atoms with E-state index < -0.39 is 59.7 Å². The Morgan fingerprint density at radius 1 is 1.00 bits per heavy atom. The molecular weight excluding hydrogens is 431 g/mol. The fraction of sp³-hybridized carbons (Fsp3) is 0.238. The van der Waals surface area contributed by atoms with E-state index in [9.17, 15) is 27.6 Å². The van der Waals surface area contributed by atoms with Crippen molar-refractivity contribution in [1.29, 1.82) is 5.26 Å². The van der Waals surface area contributed by atoms with Crippen LogP contribution in [0.15, 0.2) is 36.4 Å². The number of nitrogens with one attached hydrogen (secondary N) is 2. The number of benzene rings is 2. The molecule has 2 atom stereocenters. The number of hydrogen-bond acceptors (Lipinski definition) is 6. The number of halogens is 3. The number of amides is 2. The highest BCUT2D eigenvalue weighted by Crippen LogP contribution is 2.19. The lowest BCUT2D eigenvalue weighted by Crippen LogP contribution is -2.41. The summed E-state index contributed by atoms with van der Waals surface area (Å²) in [5, 5.41) is 12.9. The topological polar surface area (TPSA) is 118 Å². The Kier molecular flexibility index (Phi) is 8.17. The van der Waals surface area contributed by atoms with E-state index in [0.717, 1.165) is 6.07 Å². The van der Waals surface area contributed by atoms with Crippen LogP contribution in [0.4, 0.5) is 18.9 Å². The number of carbonyl (C=O) groups excluding carboxylic acids is 3. The summed E-state index contributed by atoms with van der Waals surface area (Å²) < 4.78 is 50.0. The van der Waals surface area contributed by atoms with E-state index >= 15 is 0 Å². The zero-order valence-electron chi connectivity index (χ0n) is 16.9. The van der Waals surface area contributed by atoms with Gasteiger partial charge in [0.05, 0.1) is 23.9 Å². The van der Waals surface area contributed by atoms with Gasteiger partial charge < -0.3 is 20.1 Å². The molecule has 8 nitrogen and oxygen atoms in total. The van der Waals surface area contributed by atoms with E-state index in [-0.39, 0.29) is 0 Å². The van der Waals surface area contributed by atoms with Crippen LogP contribution in [-0.4, -0.2) is 36.5 Å². The van der Waals surface area contributed by atoms with Crippen LogP contribution < -0.4 is 15.4 Å². The molecule has 0 heterocycles. The number of esters is 1. The number of nitrogens with zero attached hydrogens (tertiary/aromatic N) is 1. The summed E-state index contributed by atoms with van der Waals surface area (Å²) in [7, 11) is 0. The van der Waals surface area contributed by atoms with Gasteiger partial charge >= 0.3 is 5.97 Å². The average Bonchev–Trinajstić information content (AvgIpc) is 2.78. The summed E-state index contributed by atoms with van der Waals surface area (Å²) in [5.41, 5.74) is -0.189. The predicted molar refractivity (Wildman–Crippen MR) is 105 cm³/mol. The third-order valence-corrected chi connectivity index (χ3v) is 4.02. The maximum Gasteiger partial charge on any atom is 0.347 e. The van der Waals surface area contributed by atoms with Crippen molar-refractivity contribution in [2.75, 3.05) is 11.9 Å². The highest BCUT2D eigenvalue weighted by atomic mass is 19.2. The van der Waals surface area contributed by atoms with E-state index in [1.54, 1.807) is 0 Å². The van der Waals surface area contributed by atoms with Crippen LogP contribution in [0, 0.1) is 28.8 Å². The molecule has 2 aromatic rings. The Bertz CT molecular complexity index is 1050. The van der Waals surface area contributed by atoms with Crippen LogP contribution in [0.5, 0.6) is 5.75 Å². The van der Waals surface area contributed by atoms with Crippen LogP contribution in [0.25, 0.3) is 0 Å². The monoisotopic (exact) mass is 449 g/mol. The maximum absolute atomic E-state index is 13.6. The quantitative estimate of drug-likeness (QED) is 0.472. The lowest BCUT2D eigenvalue weighted by molar-refractivity contribution is -0.160. The smallest absolute Gasteiger partial charge is 0.347 e. The van der Waals surface area contributed by atoms with Gasteiger partial charge in [-0.25, -0.2) is 18.0 Å². The molecule has 11 heteroatoms. The Morgan fingerprint density at radius 3 is 2.28 bits per heavy atom. The van der Waals surface area contributed by atoms with E-state index in [1.165, 1.54) is 38.1 Å². The van der Waals surface area contributed by atoms with Crippen LogP contribution in [0.2, 0.25) is 0 Å². The Labute approximate surface area is 180 Å². The summed E-state index contributed by atoms with van der Waals surface area (Å²) in [5.74, 6) is -7.03. The fourth-order valence-electron chi connectivity index (χ4n) is 2.31. The molecule has 0 radical (unpaired) electrons. The predicted octanol–water partition coefficient (Wildman–Crippen LogP) is 2.43. The number of carbonyl (C=O) groups is 3. The molecule has 2 unspecified atom stereocenters. The van der Waals surface area contributed by atoms with Crippen molar-refractivity contribution in [3.05, 3.63) is 59.4 Å². The zero-order valence-corrected chi connectivity index (χ0v) is 16.9. The van der Waals surface area contributed by atoms with Crippen LogP contribution in [0.1, 0.15) is 19.4 Å². The van der Waals surface area contributed by atoms with Crippen molar-refractivity contribution < 1.29 is 37.0 Å². The van der Waals surface area contributed by atoms with Gasteiger partial charge in [0.15, 0.2) is 29.7 Å². The SMILES string of the molecule is CC(OC(=O)C(C)Oc1ccc(C#N)cc1)C(=O)NCC(=O)Nc1ccc(F)c(F)c1F. The molecule has 2 amide bonds. The second kappa shape index (κ2) is 10.8. The highest BCUT2D eigenvalue weighted by molar-refractivity contribution is 5.95. The van der Waals surface area contributed by atoms with E-state index in [2.05, 4.69) is 5.32 Å². The Hall–Kier alpha value is -4.07. The molecule has 2 aromatic carbocycles. The van der Waals surface area contributed by atoms with Gasteiger partial charge in [-0.2, -0.15) is 5.26 Å². The minimum Gasteiger partial charge on any atom is -0.479 e. The average molecular weight is 449 g/mol. The first kappa shape index (κ1) is 24.2. The van der Waals surface area contributed by atoms with Crippen molar-refractivity contribution >= 4 is 23.5 Å². The molecule has 2 N–H and O–H groups in total. The molecule has 32 heavy (non-hydrogen) atoms. The van der Waals surface area contributed by atoms with Crippen molar-refractivity contribution in [2.24, 2.45) is 0 Å². The van der Waals surface area contributed by atoms with E-state index in [0.29, 0.717) is 17.4 Å².